The Morgan fingerprint density at radius 2 is 2.25 bits per heavy atom. The number of likely N-dealkylation sites (N-methyl/N-ethyl adjacent to an activating group) is 1. The van der Waals surface area contributed by atoms with Crippen LogP contribution < -0.4 is 16.0 Å². The van der Waals surface area contributed by atoms with Gasteiger partial charge in [-0.2, -0.15) is 0 Å². The van der Waals surface area contributed by atoms with Crippen LogP contribution in [0.5, 0.6) is 0 Å². The fraction of sp³-hybridized carbons (Fsp3) is 0.455. The molecule has 0 spiro atoms. The number of nitrogens with two attached hydrogens (primary N) is 1. The van der Waals surface area contributed by atoms with Gasteiger partial charge < -0.3 is 16.0 Å². The molecule has 0 aliphatic heterocycles. The van der Waals surface area contributed by atoms with Crippen molar-refractivity contribution < 1.29 is 4.79 Å². The zero-order valence-corrected chi connectivity index (χ0v) is 9.73. The highest BCUT2D eigenvalue weighted by Gasteiger charge is 2.08. The van der Waals surface area contributed by atoms with Crippen LogP contribution in [0.2, 0.25) is 0 Å². The summed E-state index contributed by atoms with van der Waals surface area (Å²) in [7, 11) is 0. The number of anilines is 2. The minimum Gasteiger partial charge on any atom is -0.384 e. The summed E-state index contributed by atoms with van der Waals surface area (Å²) >= 11 is 0. The van der Waals surface area contributed by atoms with Gasteiger partial charge in [0.1, 0.15) is 0 Å². The Bertz CT molecular complexity index is 354. The van der Waals surface area contributed by atoms with Crippen molar-refractivity contribution in [3.63, 3.8) is 0 Å². The molecule has 1 aromatic rings. The number of primary amides is 1. The molecule has 3 N–H and O–H groups in total. The van der Waals surface area contributed by atoms with Gasteiger partial charge in [-0.3, -0.25) is 9.78 Å². The molecule has 5 heteroatoms. The first-order valence-electron chi connectivity index (χ1n) is 5.39. The number of aromatic nitrogens is 1. The largest absolute Gasteiger partial charge is 0.384 e. The first kappa shape index (κ1) is 12.3. The number of carbonyl (C=O) groups is 1. The van der Waals surface area contributed by atoms with Crippen LogP contribution in [0.15, 0.2) is 18.5 Å². The van der Waals surface area contributed by atoms with Crippen molar-refractivity contribution in [1.82, 2.24) is 4.98 Å². The van der Waals surface area contributed by atoms with Crippen LogP contribution in [0.4, 0.5) is 11.4 Å². The van der Waals surface area contributed by atoms with Gasteiger partial charge in [0.15, 0.2) is 0 Å². The van der Waals surface area contributed by atoms with Crippen LogP contribution in [0.3, 0.4) is 0 Å². The van der Waals surface area contributed by atoms with Crippen molar-refractivity contribution in [1.29, 1.82) is 0 Å². The highest BCUT2D eigenvalue weighted by atomic mass is 16.1. The maximum absolute atomic E-state index is 10.9. The predicted molar refractivity (Wildman–Crippen MR) is 65.5 cm³/mol. The molecule has 0 aliphatic rings. The third kappa shape index (κ3) is 3.42. The van der Waals surface area contributed by atoms with Gasteiger partial charge in [0, 0.05) is 13.1 Å². The van der Waals surface area contributed by atoms with E-state index in [-0.39, 0.29) is 12.5 Å². The average Bonchev–Trinajstić information content (AvgIpc) is 2.26. The molecular weight excluding hydrogens is 204 g/mol. The molecule has 1 heterocycles. The maximum atomic E-state index is 10.9. The number of pyridine rings is 1. The SMILES string of the molecule is CCNc1cncc(N(CC)CC(N)=O)c1. The highest BCUT2D eigenvalue weighted by Crippen LogP contribution is 2.17. The molecule has 16 heavy (non-hydrogen) atoms. The van der Waals surface area contributed by atoms with Crippen molar-refractivity contribution in [2.24, 2.45) is 5.73 Å². The maximum Gasteiger partial charge on any atom is 0.236 e. The molecule has 1 aromatic heterocycles. The summed E-state index contributed by atoms with van der Waals surface area (Å²) in [5, 5.41) is 3.17. The Balaban J connectivity index is 2.83. The number of carbonyl (C=O) groups excluding carboxylic acids is 1. The van der Waals surface area contributed by atoms with Crippen LogP contribution in [0.1, 0.15) is 13.8 Å². The number of nitrogens with zero attached hydrogens (tertiary/aromatic N) is 2. The lowest BCUT2D eigenvalue weighted by molar-refractivity contribution is -0.116. The third-order valence-electron chi connectivity index (χ3n) is 2.20. The Labute approximate surface area is 95.7 Å². The summed E-state index contributed by atoms with van der Waals surface area (Å²) in [5.41, 5.74) is 7.04. The summed E-state index contributed by atoms with van der Waals surface area (Å²) in [4.78, 5) is 16.9. The van der Waals surface area contributed by atoms with Gasteiger partial charge in [-0.25, -0.2) is 0 Å². The number of rotatable bonds is 6. The summed E-state index contributed by atoms with van der Waals surface area (Å²) in [5.74, 6) is -0.337. The molecular formula is C11H18N4O. The molecule has 0 aromatic carbocycles. The molecule has 0 aliphatic carbocycles. The Hall–Kier alpha value is -1.78. The molecule has 1 rings (SSSR count). The number of hydrogen-bond acceptors (Lipinski definition) is 4. The summed E-state index contributed by atoms with van der Waals surface area (Å²) < 4.78 is 0. The second-order valence-corrected chi connectivity index (χ2v) is 3.44. The minimum absolute atomic E-state index is 0.216. The fourth-order valence-electron chi connectivity index (χ4n) is 1.48. The van der Waals surface area contributed by atoms with Gasteiger partial charge in [0.2, 0.25) is 5.91 Å². The average molecular weight is 222 g/mol. The van der Waals surface area contributed by atoms with Crippen molar-refractivity contribution in [2.45, 2.75) is 13.8 Å². The monoisotopic (exact) mass is 222 g/mol. The van der Waals surface area contributed by atoms with Crippen LogP contribution in [-0.2, 0) is 4.79 Å². The smallest absolute Gasteiger partial charge is 0.236 e. The minimum atomic E-state index is -0.337. The lowest BCUT2D eigenvalue weighted by atomic mass is 10.3. The lowest BCUT2D eigenvalue weighted by Crippen LogP contribution is -2.33. The molecule has 0 unspecified atom stereocenters. The van der Waals surface area contributed by atoms with Gasteiger partial charge in [-0.1, -0.05) is 0 Å². The topological polar surface area (TPSA) is 71.2 Å². The quantitative estimate of drug-likeness (QED) is 0.747. The summed E-state index contributed by atoms with van der Waals surface area (Å²) in [6, 6.07) is 1.96. The molecule has 0 saturated heterocycles. The molecule has 0 bridgehead atoms. The van der Waals surface area contributed by atoms with E-state index in [0.717, 1.165) is 24.5 Å². The van der Waals surface area contributed by atoms with Gasteiger partial charge >= 0.3 is 0 Å². The zero-order chi connectivity index (χ0) is 12.0. The molecule has 0 saturated carbocycles. The van der Waals surface area contributed by atoms with Crippen molar-refractivity contribution in [3.8, 4) is 0 Å². The Morgan fingerprint density at radius 3 is 2.81 bits per heavy atom. The first-order valence-corrected chi connectivity index (χ1v) is 5.39. The molecule has 88 valence electrons. The van der Waals surface area contributed by atoms with E-state index in [1.54, 1.807) is 12.4 Å². The van der Waals surface area contributed by atoms with E-state index < -0.39 is 0 Å². The summed E-state index contributed by atoms with van der Waals surface area (Å²) in [6.07, 6.45) is 3.48. The van der Waals surface area contributed by atoms with Gasteiger partial charge in [-0.15, -0.1) is 0 Å². The highest BCUT2D eigenvalue weighted by molar-refractivity contribution is 5.79. The number of hydrogen-bond donors (Lipinski definition) is 2. The number of amides is 1. The molecule has 0 radical (unpaired) electrons. The van der Waals surface area contributed by atoms with Crippen LogP contribution >= 0.6 is 0 Å². The molecule has 0 fully saturated rings. The molecule has 1 amide bonds. The second kappa shape index (κ2) is 5.95. The van der Waals surface area contributed by atoms with E-state index in [0.29, 0.717) is 0 Å². The van der Waals surface area contributed by atoms with E-state index in [9.17, 15) is 4.79 Å². The number of nitrogens with one attached hydrogen (secondary N) is 1. The van der Waals surface area contributed by atoms with E-state index in [2.05, 4.69) is 10.3 Å². The van der Waals surface area contributed by atoms with Crippen LogP contribution in [0.25, 0.3) is 0 Å². The van der Waals surface area contributed by atoms with E-state index >= 15 is 0 Å². The van der Waals surface area contributed by atoms with Gasteiger partial charge in [0.05, 0.1) is 30.3 Å². The fourth-order valence-corrected chi connectivity index (χ4v) is 1.48. The standard InChI is InChI=1S/C11H18N4O/c1-3-14-9-5-10(7-13-6-9)15(4-2)8-11(12)16/h5-7,14H,3-4,8H2,1-2H3,(H2,12,16). The van der Waals surface area contributed by atoms with Crippen molar-refractivity contribution in [3.05, 3.63) is 18.5 Å². The molecule has 0 atom stereocenters. The van der Waals surface area contributed by atoms with Crippen LogP contribution in [0, 0.1) is 0 Å². The Morgan fingerprint density at radius 1 is 1.50 bits per heavy atom. The van der Waals surface area contributed by atoms with E-state index in [4.69, 9.17) is 5.73 Å². The summed E-state index contributed by atoms with van der Waals surface area (Å²) in [6.45, 7) is 5.78. The van der Waals surface area contributed by atoms with Gasteiger partial charge in [-0.05, 0) is 19.9 Å². The Kier molecular flexibility index (Phi) is 4.57. The first-order chi connectivity index (χ1) is 7.67. The zero-order valence-electron chi connectivity index (χ0n) is 9.73. The van der Waals surface area contributed by atoms with Gasteiger partial charge in [0.25, 0.3) is 0 Å². The van der Waals surface area contributed by atoms with E-state index in [1.165, 1.54) is 0 Å². The van der Waals surface area contributed by atoms with Crippen molar-refractivity contribution in [2.75, 3.05) is 29.9 Å². The second-order valence-electron chi connectivity index (χ2n) is 3.44. The van der Waals surface area contributed by atoms with Crippen LogP contribution in [-0.4, -0.2) is 30.5 Å². The van der Waals surface area contributed by atoms with Crippen molar-refractivity contribution >= 4 is 17.3 Å². The van der Waals surface area contributed by atoms with E-state index in [1.807, 2.05) is 24.8 Å². The normalized spacial score (nSPS) is 9.88. The lowest BCUT2D eigenvalue weighted by Gasteiger charge is -2.21. The molecule has 5 nitrogen and oxygen atoms in total. The predicted octanol–water partition coefficient (Wildman–Crippen LogP) is 0.825. The third-order valence-corrected chi connectivity index (χ3v) is 2.20.